The second-order valence-electron chi connectivity index (χ2n) is 6.41. The minimum absolute atomic E-state index is 0.0338. The first-order valence-corrected chi connectivity index (χ1v) is 7.99. The number of rotatable bonds is 3. The highest BCUT2D eigenvalue weighted by atomic mass is 35.5. The maximum atomic E-state index is 14.0. The molecule has 1 aromatic carbocycles. The van der Waals surface area contributed by atoms with Crippen molar-refractivity contribution >= 4 is 17.6 Å². The van der Waals surface area contributed by atoms with Gasteiger partial charge in [-0.1, -0.05) is 17.7 Å². The molecule has 4 nitrogen and oxygen atoms in total. The molecule has 2 saturated heterocycles. The molecule has 1 spiro atoms. The molecule has 6 heteroatoms. The average Bonchev–Trinajstić information content (AvgIpc) is 2.82. The highest BCUT2D eigenvalue weighted by Crippen LogP contribution is 2.43. The van der Waals surface area contributed by atoms with Gasteiger partial charge in [-0.05, 0) is 49.9 Å². The van der Waals surface area contributed by atoms with Crippen molar-refractivity contribution in [3.8, 4) is 0 Å². The van der Waals surface area contributed by atoms with E-state index in [1.54, 1.807) is 12.1 Å². The molecule has 0 bridgehead atoms. The summed E-state index contributed by atoms with van der Waals surface area (Å²) >= 11 is 6.09. The van der Waals surface area contributed by atoms with Crippen LogP contribution in [0, 0.1) is 11.2 Å². The minimum atomic E-state index is -0.831. The summed E-state index contributed by atoms with van der Waals surface area (Å²) in [5, 5.41) is 13.2. The van der Waals surface area contributed by atoms with Crippen LogP contribution in [0.5, 0.6) is 0 Å². The molecule has 2 aliphatic heterocycles. The number of piperidine rings is 1. The molecule has 0 aromatic heterocycles. The van der Waals surface area contributed by atoms with Gasteiger partial charge in [-0.25, -0.2) is 4.39 Å². The lowest BCUT2D eigenvalue weighted by Crippen LogP contribution is -2.38. The van der Waals surface area contributed by atoms with Crippen molar-refractivity contribution in [2.45, 2.75) is 31.8 Å². The number of carboxylic acids is 1. The van der Waals surface area contributed by atoms with Crippen molar-refractivity contribution in [1.29, 1.82) is 0 Å². The third kappa shape index (κ3) is 2.98. The summed E-state index contributed by atoms with van der Waals surface area (Å²) in [5.74, 6) is -1.20. The van der Waals surface area contributed by atoms with E-state index in [4.69, 9.17) is 11.6 Å². The van der Waals surface area contributed by atoms with Gasteiger partial charge in [0.1, 0.15) is 11.9 Å². The van der Waals surface area contributed by atoms with Crippen molar-refractivity contribution in [3.05, 3.63) is 34.6 Å². The Morgan fingerprint density at radius 2 is 2.18 bits per heavy atom. The van der Waals surface area contributed by atoms with Crippen LogP contribution in [-0.4, -0.2) is 41.7 Å². The van der Waals surface area contributed by atoms with E-state index in [-0.39, 0.29) is 17.8 Å². The Labute approximate surface area is 134 Å². The molecule has 2 aliphatic rings. The molecular formula is C16H20ClFN2O2. The van der Waals surface area contributed by atoms with Crippen molar-refractivity contribution in [1.82, 2.24) is 10.2 Å². The molecule has 2 fully saturated rings. The molecule has 0 radical (unpaired) electrons. The number of carbonyl (C=O) groups is 1. The van der Waals surface area contributed by atoms with Crippen LogP contribution in [0.3, 0.4) is 0 Å². The largest absolute Gasteiger partial charge is 0.480 e. The second kappa shape index (κ2) is 6.14. The van der Waals surface area contributed by atoms with E-state index in [9.17, 15) is 14.3 Å². The Morgan fingerprint density at radius 1 is 1.45 bits per heavy atom. The summed E-state index contributed by atoms with van der Waals surface area (Å²) in [4.78, 5) is 13.5. The normalized spacial score (nSPS) is 24.7. The lowest BCUT2D eigenvalue weighted by atomic mass is 9.77. The monoisotopic (exact) mass is 326 g/mol. The van der Waals surface area contributed by atoms with Gasteiger partial charge < -0.3 is 10.4 Å². The zero-order valence-electron chi connectivity index (χ0n) is 12.3. The van der Waals surface area contributed by atoms with Crippen LogP contribution in [0.4, 0.5) is 4.39 Å². The Hall–Kier alpha value is -1.17. The fourth-order valence-corrected chi connectivity index (χ4v) is 3.98. The van der Waals surface area contributed by atoms with Crippen LogP contribution < -0.4 is 5.32 Å². The molecule has 22 heavy (non-hydrogen) atoms. The fraction of sp³-hybridized carbons (Fsp3) is 0.562. The molecule has 2 heterocycles. The number of benzene rings is 1. The number of nitrogens with zero attached hydrogens (tertiary/aromatic N) is 1. The molecule has 1 aromatic rings. The maximum absolute atomic E-state index is 14.0. The first kappa shape index (κ1) is 15.7. The summed E-state index contributed by atoms with van der Waals surface area (Å²) in [6.45, 7) is 2.77. The molecule has 0 amide bonds. The first-order chi connectivity index (χ1) is 10.5. The minimum Gasteiger partial charge on any atom is -0.480 e. The van der Waals surface area contributed by atoms with E-state index < -0.39 is 12.0 Å². The number of carboxylic acid groups (broad SMARTS) is 1. The lowest BCUT2D eigenvalue weighted by Gasteiger charge is -2.33. The van der Waals surface area contributed by atoms with Crippen molar-refractivity contribution in [3.63, 3.8) is 0 Å². The topological polar surface area (TPSA) is 52.6 Å². The molecule has 0 saturated carbocycles. The zero-order chi connectivity index (χ0) is 15.7. The molecular weight excluding hydrogens is 307 g/mol. The lowest BCUT2D eigenvalue weighted by molar-refractivity contribution is -0.142. The van der Waals surface area contributed by atoms with E-state index in [1.807, 2.05) is 4.90 Å². The quantitative estimate of drug-likeness (QED) is 0.896. The highest BCUT2D eigenvalue weighted by molar-refractivity contribution is 6.31. The molecule has 1 unspecified atom stereocenters. The Bertz CT molecular complexity index is 555. The van der Waals surface area contributed by atoms with Gasteiger partial charge in [-0.2, -0.15) is 0 Å². The molecule has 3 rings (SSSR count). The van der Waals surface area contributed by atoms with Crippen LogP contribution >= 0.6 is 11.6 Å². The molecule has 0 aliphatic carbocycles. The van der Waals surface area contributed by atoms with Gasteiger partial charge in [0.15, 0.2) is 0 Å². The first-order valence-electron chi connectivity index (χ1n) is 7.61. The SMILES string of the molecule is O=C(O)C1CC2(CCNCC2)CN1Cc1c(F)cccc1Cl. The van der Waals surface area contributed by atoms with Crippen LogP contribution in [0.25, 0.3) is 0 Å². The van der Waals surface area contributed by atoms with Crippen LogP contribution in [-0.2, 0) is 11.3 Å². The van der Waals surface area contributed by atoms with E-state index in [0.29, 0.717) is 23.6 Å². The Morgan fingerprint density at radius 3 is 2.82 bits per heavy atom. The van der Waals surface area contributed by atoms with Crippen LogP contribution in [0.1, 0.15) is 24.8 Å². The molecule has 2 N–H and O–H groups in total. The summed E-state index contributed by atoms with van der Waals surface area (Å²) in [7, 11) is 0. The summed E-state index contributed by atoms with van der Waals surface area (Å²) in [6, 6.07) is 4.02. The number of likely N-dealkylation sites (tertiary alicyclic amines) is 1. The van der Waals surface area contributed by atoms with Gasteiger partial charge in [0, 0.05) is 23.7 Å². The van der Waals surface area contributed by atoms with Gasteiger partial charge in [-0.3, -0.25) is 9.69 Å². The zero-order valence-corrected chi connectivity index (χ0v) is 13.1. The summed E-state index contributed by atoms with van der Waals surface area (Å²) in [6.07, 6.45) is 2.58. The third-order valence-corrected chi connectivity index (χ3v) is 5.33. The fourth-order valence-electron chi connectivity index (χ4n) is 3.76. The molecule has 1 atom stereocenters. The van der Waals surface area contributed by atoms with E-state index in [2.05, 4.69) is 5.32 Å². The Balaban J connectivity index is 1.83. The smallest absolute Gasteiger partial charge is 0.320 e. The van der Waals surface area contributed by atoms with E-state index >= 15 is 0 Å². The van der Waals surface area contributed by atoms with E-state index in [0.717, 1.165) is 25.9 Å². The number of halogens is 2. The molecule has 120 valence electrons. The summed E-state index contributed by atoms with van der Waals surface area (Å²) < 4.78 is 14.0. The number of hydrogen-bond acceptors (Lipinski definition) is 3. The predicted octanol–water partition coefficient (Wildman–Crippen LogP) is 2.51. The maximum Gasteiger partial charge on any atom is 0.320 e. The van der Waals surface area contributed by atoms with E-state index in [1.165, 1.54) is 6.07 Å². The van der Waals surface area contributed by atoms with Crippen LogP contribution in [0.2, 0.25) is 5.02 Å². The van der Waals surface area contributed by atoms with Crippen molar-refractivity contribution < 1.29 is 14.3 Å². The van der Waals surface area contributed by atoms with Gasteiger partial charge in [0.25, 0.3) is 0 Å². The van der Waals surface area contributed by atoms with Gasteiger partial charge >= 0.3 is 5.97 Å². The average molecular weight is 327 g/mol. The highest BCUT2D eigenvalue weighted by Gasteiger charge is 2.47. The standard InChI is InChI=1S/C16H20ClFN2O2/c17-12-2-1-3-13(18)11(12)9-20-10-16(4-6-19-7-5-16)8-14(20)15(21)22/h1-3,14,19H,4-10H2,(H,21,22). The number of aliphatic carboxylic acids is 1. The van der Waals surface area contributed by atoms with Gasteiger partial charge in [0.05, 0.1) is 0 Å². The third-order valence-electron chi connectivity index (χ3n) is 4.98. The van der Waals surface area contributed by atoms with Crippen molar-refractivity contribution in [2.24, 2.45) is 5.41 Å². The summed E-state index contributed by atoms with van der Waals surface area (Å²) in [5.41, 5.74) is 0.424. The number of nitrogens with one attached hydrogen (secondary N) is 1. The van der Waals surface area contributed by atoms with Crippen molar-refractivity contribution in [2.75, 3.05) is 19.6 Å². The van der Waals surface area contributed by atoms with Gasteiger partial charge in [-0.15, -0.1) is 0 Å². The second-order valence-corrected chi connectivity index (χ2v) is 6.82. The Kier molecular flexibility index (Phi) is 4.39. The predicted molar refractivity (Wildman–Crippen MR) is 82.4 cm³/mol. The number of hydrogen-bond donors (Lipinski definition) is 2. The van der Waals surface area contributed by atoms with Gasteiger partial charge in [0.2, 0.25) is 0 Å². The van der Waals surface area contributed by atoms with Crippen LogP contribution in [0.15, 0.2) is 18.2 Å².